The quantitative estimate of drug-likeness (QED) is 0.508. The summed E-state index contributed by atoms with van der Waals surface area (Å²) < 4.78 is 0. The van der Waals surface area contributed by atoms with Crippen LogP contribution in [-0.4, -0.2) is 5.75 Å². The molecule has 57 valence electrons. The van der Waals surface area contributed by atoms with E-state index < -0.39 is 0 Å². The first-order valence-electron chi connectivity index (χ1n) is 3.34. The zero-order chi connectivity index (χ0) is 8.10. The standard InChI is InChI=1S/C9H9S2/c1-2-7-11-9-6-4-3-5-8(9)10/h2-6H,1,7H2. The van der Waals surface area contributed by atoms with Crippen molar-refractivity contribution in [3.63, 3.8) is 0 Å². The summed E-state index contributed by atoms with van der Waals surface area (Å²) in [7, 11) is 0. The third-order valence-corrected chi connectivity index (χ3v) is 2.76. The maximum atomic E-state index is 5.11. The summed E-state index contributed by atoms with van der Waals surface area (Å²) in [4.78, 5) is 2.10. The molecule has 11 heavy (non-hydrogen) atoms. The normalized spacial score (nSPS) is 9.45. The molecule has 0 amide bonds. The van der Waals surface area contributed by atoms with Gasteiger partial charge in [0.2, 0.25) is 0 Å². The van der Waals surface area contributed by atoms with E-state index in [0.717, 1.165) is 10.6 Å². The van der Waals surface area contributed by atoms with E-state index in [4.69, 9.17) is 12.6 Å². The minimum absolute atomic E-state index is 0.924. The van der Waals surface area contributed by atoms with Gasteiger partial charge in [-0.1, -0.05) is 30.8 Å². The van der Waals surface area contributed by atoms with Crippen LogP contribution in [0.2, 0.25) is 0 Å². The lowest BCUT2D eigenvalue weighted by Crippen LogP contribution is -1.75. The maximum absolute atomic E-state index is 5.11. The van der Waals surface area contributed by atoms with E-state index in [-0.39, 0.29) is 0 Å². The van der Waals surface area contributed by atoms with Gasteiger partial charge >= 0.3 is 0 Å². The molecule has 0 aliphatic carbocycles. The zero-order valence-electron chi connectivity index (χ0n) is 6.12. The molecule has 2 heteroatoms. The van der Waals surface area contributed by atoms with Gasteiger partial charge in [-0.2, -0.15) is 0 Å². The zero-order valence-corrected chi connectivity index (χ0v) is 7.75. The molecule has 0 fully saturated rings. The molecule has 0 aliphatic rings. The fraction of sp³-hybridized carbons (Fsp3) is 0.111. The Balaban J connectivity index is 2.69. The van der Waals surface area contributed by atoms with Crippen LogP contribution in [0.4, 0.5) is 0 Å². The number of hydrogen-bond donors (Lipinski definition) is 0. The van der Waals surface area contributed by atoms with E-state index >= 15 is 0 Å². The summed E-state index contributed by atoms with van der Waals surface area (Å²) in [5.41, 5.74) is 0. The number of hydrogen-bond acceptors (Lipinski definition) is 1. The Hall–Kier alpha value is -0.470. The topological polar surface area (TPSA) is 0 Å². The molecule has 0 nitrogen and oxygen atoms in total. The highest BCUT2D eigenvalue weighted by atomic mass is 32.2. The Morgan fingerprint density at radius 3 is 2.82 bits per heavy atom. The van der Waals surface area contributed by atoms with E-state index in [1.165, 1.54) is 4.90 Å². The summed E-state index contributed by atoms with van der Waals surface area (Å²) in [6, 6.07) is 7.94. The van der Waals surface area contributed by atoms with Crippen molar-refractivity contribution >= 4 is 24.4 Å². The van der Waals surface area contributed by atoms with E-state index in [2.05, 4.69) is 6.58 Å². The predicted molar refractivity (Wildman–Crippen MR) is 53.2 cm³/mol. The van der Waals surface area contributed by atoms with Crippen LogP contribution in [0.25, 0.3) is 0 Å². The average molecular weight is 181 g/mol. The molecule has 0 bridgehead atoms. The minimum Gasteiger partial charge on any atom is -0.121 e. The van der Waals surface area contributed by atoms with Gasteiger partial charge in [0.25, 0.3) is 0 Å². The van der Waals surface area contributed by atoms with Gasteiger partial charge < -0.3 is 0 Å². The van der Waals surface area contributed by atoms with Crippen LogP contribution in [0, 0.1) is 0 Å². The molecular weight excluding hydrogens is 172 g/mol. The average Bonchev–Trinajstić information content (AvgIpc) is 2.03. The van der Waals surface area contributed by atoms with Crippen molar-refractivity contribution in [2.24, 2.45) is 0 Å². The largest absolute Gasteiger partial charge is 0.121 e. The Morgan fingerprint density at radius 1 is 1.45 bits per heavy atom. The van der Waals surface area contributed by atoms with Crippen molar-refractivity contribution in [1.29, 1.82) is 0 Å². The molecule has 0 saturated carbocycles. The predicted octanol–water partition coefficient (Wildman–Crippen LogP) is 3.52. The third-order valence-electron chi connectivity index (χ3n) is 1.21. The molecule has 0 atom stereocenters. The SMILES string of the molecule is C=CCSc1ccccc1[S]. The highest BCUT2D eigenvalue weighted by Crippen LogP contribution is 2.24. The summed E-state index contributed by atoms with van der Waals surface area (Å²) in [5, 5.41) is 0. The molecule has 0 aliphatic heterocycles. The summed E-state index contributed by atoms with van der Waals surface area (Å²) in [5.74, 6) is 0.924. The van der Waals surface area contributed by atoms with E-state index in [1.807, 2.05) is 30.3 Å². The summed E-state index contributed by atoms with van der Waals surface area (Å²) in [6.07, 6.45) is 1.88. The fourth-order valence-electron chi connectivity index (χ4n) is 0.718. The van der Waals surface area contributed by atoms with Crippen molar-refractivity contribution in [2.75, 3.05) is 5.75 Å². The van der Waals surface area contributed by atoms with Crippen LogP contribution in [0.5, 0.6) is 0 Å². The summed E-state index contributed by atoms with van der Waals surface area (Å²) >= 11 is 6.84. The molecule has 0 heterocycles. The molecule has 0 aromatic heterocycles. The molecular formula is C9H9S2. The molecule has 0 saturated heterocycles. The van der Waals surface area contributed by atoms with Gasteiger partial charge in [-0.25, -0.2) is 0 Å². The second kappa shape index (κ2) is 4.42. The van der Waals surface area contributed by atoms with Crippen molar-refractivity contribution in [2.45, 2.75) is 9.79 Å². The monoisotopic (exact) mass is 181 g/mol. The highest BCUT2D eigenvalue weighted by molar-refractivity contribution is 7.99. The Kier molecular flexibility index (Phi) is 3.46. The number of thioether (sulfide) groups is 1. The van der Waals surface area contributed by atoms with Crippen molar-refractivity contribution in [3.8, 4) is 0 Å². The van der Waals surface area contributed by atoms with Crippen LogP contribution < -0.4 is 0 Å². The Bertz CT molecular complexity index is 243. The van der Waals surface area contributed by atoms with Gasteiger partial charge in [-0.05, 0) is 12.1 Å². The molecule has 1 rings (SSSR count). The molecule has 0 spiro atoms. The van der Waals surface area contributed by atoms with E-state index in [0.29, 0.717) is 0 Å². The van der Waals surface area contributed by atoms with Gasteiger partial charge in [-0.15, -0.1) is 18.3 Å². The highest BCUT2D eigenvalue weighted by Gasteiger charge is 1.95. The first kappa shape index (κ1) is 8.62. The Morgan fingerprint density at radius 2 is 2.18 bits per heavy atom. The van der Waals surface area contributed by atoms with Crippen molar-refractivity contribution in [3.05, 3.63) is 36.9 Å². The van der Waals surface area contributed by atoms with Gasteiger partial charge in [0.1, 0.15) is 0 Å². The van der Waals surface area contributed by atoms with Crippen LogP contribution in [-0.2, 0) is 0 Å². The number of rotatable bonds is 3. The Labute approximate surface area is 77.1 Å². The van der Waals surface area contributed by atoms with E-state index in [9.17, 15) is 0 Å². The van der Waals surface area contributed by atoms with Crippen LogP contribution >= 0.6 is 24.4 Å². The first-order valence-corrected chi connectivity index (χ1v) is 4.73. The molecule has 1 aromatic rings. The van der Waals surface area contributed by atoms with Gasteiger partial charge in [0.15, 0.2) is 0 Å². The molecule has 0 unspecified atom stereocenters. The number of benzene rings is 1. The second-order valence-electron chi connectivity index (χ2n) is 2.05. The van der Waals surface area contributed by atoms with Gasteiger partial charge in [0.05, 0.1) is 4.90 Å². The lowest BCUT2D eigenvalue weighted by Gasteiger charge is -1.99. The van der Waals surface area contributed by atoms with Crippen LogP contribution in [0.1, 0.15) is 0 Å². The van der Waals surface area contributed by atoms with Crippen molar-refractivity contribution < 1.29 is 0 Å². The van der Waals surface area contributed by atoms with Crippen LogP contribution in [0.3, 0.4) is 0 Å². The third kappa shape index (κ3) is 2.56. The summed E-state index contributed by atoms with van der Waals surface area (Å²) in [6.45, 7) is 3.65. The van der Waals surface area contributed by atoms with E-state index in [1.54, 1.807) is 11.8 Å². The smallest absolute Gasteiger partial charge is 0.0513 e. The lowest BCUT2D eigenvalue weighted by atomic mass is 10.4. The molecule has 0 N–H and O–H groups in total. The minimum atomic E-state index is 0.924. The van der Waals surface area contributed by atoms with Gasteiger partial charge in [0, 0.05) is 10.6 Å². The van der Waals surface area contributed by atoms with Gasteiger partial charge in [-0.3, -0.25) is 0 Å². The lowest BCUT2D eigenvalue weighted by molar-refractivity contribution is 1.26. The van der Waals surface area contributed by atoms with Crippen molar-refractivity contribution in [1.82, 2.24) is 0 Å². The maximum Gasteiger partial charge on any atom is 0.0513 e. The molecule has 1 aromatic carbocycles. The second-order valence-corrected chi connectivity index (χ2v) is 3.55. The fourth-order valence-corrected chi connectivity index (χ4v) is 1.72. The first-order chi connectivity index (χ1) is 5.34. The van der Waals surface area contributed by atoms with Crippen LogP contribution in [0.15, 0.2) is 46.7 Å². The molecule has 1 radical (unpaired) electrons.